The lowest BCUT2D eigenvalue weighted by Gasteiger charge is -2.30. The van der Waals surface area contributed by atoms with Crippen LogP contribution in [0.4, 0.5) is 0 Å². The third-order valence-electron chi connectivity index (χ3n) is 2.80. The van der Waals surface area contributed by atoms with Gasteiger partial charge in [-0.15, -0.1) is 0 Å². The number of piperidine rings is 1. The SMILES string of the molecule is CCOP(=O)(CC(=O)N1CCC(O)CC1)OCC. The number of likely N-dealkylation sites (tertiary alicyclic amines) is 1. The summed E-state index contributed by atoms with van der Waals surface area (Å²) in [7, 11) is -3.31. The summed E-state index contributed by atoms with van der Waals surface area (Å²) in [4.78, 5) is 13.6. The number of carbonyl (C=O) groups excluding carboxylic acids is 1. The van der Waals surface area contributed by atoms with Gasteiger partial charge in [-0.2, -0.15) is 0 Å². The van der Waals surface area contributed by atoms with Crippen molar-refractivity contribution in [1.82, 2.24) is 4.90 Å². The largest absolute Gasteiger partial charge is 0.393 e. The molecule has 106 valence electrons. The predicted molar refractivity (Wildman–Crippen MR) is 67.5 cm³/mol. The molecule has 1 fully saturated rings. The van der Waals surface area contributed by atoms with E-state index in [4.69, 9.17) is 9.05 Å². The molecule has 1 rings (SSSR count). The van der Waals surface area contributed by atoms with Gasteiger partial charge in [0.15, 0.2) is 0 Å². The van der Waals surface area contributed by atoms with E-state index in [2.05, 4.69) is 0 Å². The van der Waals surface area contributed by atoms with Gasteiger partial charge in [-0.05, 0) is 26.7 Å². The van der Waals surface area contributed by atoms with E-state index < -0.39 is 7.60 Å². The first-order chi connectivity index (χ1) is 8.50. The molecule has 1 aliphatic heterocycles. The number of aliphatic hydroxyl groups is 1. The molecule has 1 aliphatic rings. The zero-order chi connectivity index (χ0) is 13.6. The number of hydrogen-bond acceptors (Lipinski definition) is 5. The van der Waals surface area contributed by atoms with Gasteiger partial charge in [0, 0.05) is 13.1 Å². The summed E-state index contributed by atoms with van der Waals surface area (Å²) in [5, 5.41) is 9.37. The van der Waals surface area contributed by atoms with Crippen molar-refractivity contribution in [3.05, 3.63) is 0 Å². The van der Waals surface area contributed by atoms with Crippen molar-refractivity contribution in [1.29, 1.82) is 0 Å². The minimum Gasteiger partial charge on any atom is -0.393 e. The van der Waals surface area contributed by atoms with Crippen LogP contribution in [0, 0.1) is 0 Å². The molecule has 18 heavy (non-hydrogen) atoms. The first-order valence-electron chi connectivity index (χ1n) is 6.34. The highest BCUT2D eigenvalue weighted by Crippen LogP contribution is 2.48. The first-order valence-corrected chi connectivity index (χ1v) is 8.07. The van der Waals surface area contributed by atoms with Crippen LogP contribution in [0.3, 0.4) is 0 Å². The van der Waals surface area contributed by atoms with Gasteiger partial charge in [0.2, 0.25) is 5.91 Å². The summed E-state index contributed by atoms with van der Waals surface area (Å²) in [6.07, 6.45) is 0.586. The Morgan fingerprint density at radius 1 is 1.28 bits per heavy atom. The second kappa shape index (κ2) is 7.24. The third-order valence-corrected chi connectivity index (χ3v) is 4.76. The van der Waals surface area contributed by atoms with Gasteiger partial charge in [0.1, 0.15) is 6.16 Å². The molecule has 0 aliphatic carbocycles. The van der Waals surface area contributed by atoms with Crippen molar-refractivity contribution >= 4 is 13.5 Å². The van der Waals surface area contributed by atoms with Crippen molar-refractivity contribution in [2.24, 2.45) is 0 Å². The monoisotopic (exact) mass is 279 g/mol. The van der Waals surface area contributed by atoms with Crippen molar-refractivity contribution in [3.63, 3.8) is 0 Å². The highest BCUT2D eigenvalue weighted by atomic mass is 31.2. The molecule has 0 saturated carbocycles. The number of hydrogen-bond donors (Lipinski definition) is 1. The van der Waals surface area contributed by atoms with Crippen molar-refractivity contribution in [2.45, 2.75) is 32.8 Å². The van der Waals surface area contributed by atoms with Crippen LogP contribution in [0.5, 0.6) is 0 Å². The fraction of sp³-hybridized carbons (Fsp3) is 0.909. The lowest BCUT2D eigenvalue weighted by atomic mass is 10.1. The molecule has 0 spiro atoms. The van der Waals surface area contributed by atoms with Crippen LogP contribution in [0.2, 0.25) is 0 Å². The molecule has 0 bridgehead atoms. The summed E-state index contributed by atoms with van der Waals surface area (Å²) in [6.45, 7) is 4.93. The molecule has 7 heteroatoms. The predicted octanol–water partition coefficient (Wildman–Crippen LogP) is 1.24. The van der Waals surface area contributed by atoms with Crippen molar-refractivity contribution < 1.29 is 23.5 Å². The Morgan fingerprint density at radius 3 is 2.22 bits per heavy atom. The molecular formula is C11H22NO5P. The average Bonchev–Trinajstić information content (AvgIpc) is 2.30. The zero-order valence-electron chi connectivity index (χ0n) is 11.0. The maximum absolute atomic E-state index is 12.2. The Balaban J connectivity index is 2.53. The zero-order valence-corrected chi connectivity index (χ0v) is 11.9. The molecule has 1 heterocycles. The van der Waals surface area contributed by atoms with Gasteiger partial charge in [0.25, 0.3) is 0 Å². The fourth-order valence-corrected chi connectivity index (χ4v) is 3.48. The van der Waals surface area contributed by atoms with E-state index in [1.807, 2.05) is 0 Å². The standard InChI is InChI=1S/C11H22NO5P/c1-3-16-18(15,17-4-2)9-11(14)12-7-5-10(13)6-8-12/h10,13H,3-9H2,1-2H3. The van der Waals surface area contributed by atoms with E-state index in [1.54, 1.807) is 18.7 Å². The van der Waals surface area contributed by atoms with Gasteiger partial charge >= 0.3 is 7.60 Å². The smallest absolute Gasteiger partial charge is 0.340 e. The van der Waals surface area contributed by atoms with Crippen LogP contribution in [0.25, 0.3) is 0 Å². The molecule has 0 unspecified atom stereocenters. The molecule has 1 amide bonds. The summed E-state index contributed by atoms with van der Waals surface area (Å²) >= 11 is 0. The van der Waals surface area contributed by atoms with Crippen molar-refractivity contribution in [3.8, 4) is 0 Å². The van der Waals surface area contributed by atoms with E-state index in [-0.39, 0.29) is 31.4 Å². The summed E-state index contributed by atoms with van der Waals surface area (Å²) in [5.74, 6) is -0.230. The Hall–Kier alpha value is -0.420. The van der Waals surface area contributed by atoms with Gasteiger partial charge in [-0.3, -0.25) is 9.36 Å². The molecule has 1 saturated heterocycles. The lowest BCUT2D eigenvalue weighted by Crippen LogP contribution is -2.41. The van der Waals surface area contributed by atoms with Crippen LogP contribution < -0.4 is 0 Å². The van der Waals surface area contributed by atoms with Gasteiger partial charge in [-0.1, -0.05) is 0 Å². The maximum Gasteiger partial charge on any atom is 0.340 e. The number of carbonyl (C=O) groups is 1. The summed E-state index contributed by atoms with van der Waals surface area (Å²) < 4.78 is 22.4. The summed E-state index contributed by atoms with van der Waals surface area (Å²) in [6, 6.07) is 0. The summed E-state index contributed by atoms with van der Waals surface area (Å²) in [5.41, 5.74) is 0. The lowest BCUT2D eigenvalue weighted by molar-refractivity contribution is -0.130. The normalized spacial score (nSPS) is 18.1. The fourth-order valence-electron chi connectivity index (χ4n) is 1.90. The van der Waals surface area contributed by atoms with Crippen LogP contribution in [0.15, 0.2) is 0 Å². The van der Waals surface area contributed by atoms with Crippen LogP contribution in [0.1, 0.15) is 26.7 Å². The number of aliphatic hydroxyl groups excluding tert-OH is 1. The van der Waals surface area contributed by atoms with E-state index in [9.17, 15) is 14.5 Å². The maximum atomic E-state index is 12.2. The highest BCUT2D eigenvalue weighted by Gasteiger charge is 2.31. The Kier molecular flexibility index (Phi) is 6.29. The molecule has 0 aromatic carbocycles. The molecule has 1 N–H and O–H groups in total. The van der Waals surface area contributed by atoms with Crippen molar-refractivity contribution in [2.75, 3.05) is 32.5 Å². The molecule has 0 radical (unpaired) electrons. The van der Waals surface area contributed by atoms with Crippen LogP contribution in [-0.2, 0) is 18.4 Å². The number of nitrogens with zero attached hydrogens (tertiary/aromatic N) is 1. The second-order valence-corrected chi connectivity index (χ2v) is 6.27. The Labute approximate surface area is 108 Å². The average molecular weight is 279 g/mol. The number of rotatable bonds is 6. The van der Waals surface area contributed by atoms with Gasteiger partial charge in [0.05, 0.1) is 19.3 Å². The third kappa shape index (κ3) is 4.69. The first kappa shape index (κ1) is 15.6. The molecule has 0 aromatic heterocycles. The molecule has 0 aromatic rings. The van der Waals surface area contributed by atoms with E-state index in [0.717, 1.165) is 0 Å². The number of amides is 1. The van der Waals surface area contributed by atoms with E-state index >= 15 is 0 Å². The minimum absolute atomic E-state index is 0.217. The van der Waals surface area contributed by atoms with Gasteiger partial charge < -0.3 is 19.1 Å². The minimum atomic E-state index is -3.31. The van der Waals surface area contributed by atoms with Crippen LogP contribution in [-0.4, -0.2) is 54.5 Å². The Morgan fingerprint density at radius 2 is 1.78 bits per heavy atom. The molecule has 0 atom stereocenters. The topological polar surface area (TPSA) is 76.1 Å². The van der Waals surface area contributed by atoms with E-state index in [1.165, 1.54) is 0 Å². The molecule has 6 nitrogen and oxygen atoms in total. The highest BCUT2D eigenvalue weighted by molar-refractivity contribution is 7.54. The van der Waals surface area contributed by atoms with Gasteiger partial charge in [-0.25, -0.2) is 0 Å². The second-order valence-electron chi connectivity index (χ2n) is 4.22. The Bertz CT molecular complexity index is 305. The quantitative estimate of drug-likeness (QED) is 0.740. The van der Waals surface area contributed by atoms with E-state index in [0.29, 0.717) is 25.9 Å². The van der Waals surface area contributed by atoms with Crippen LogP contribution >= 0.6 is 7.60 Å². The molecular weight excluding hydrogens is 257 g/mol.